The highest BCUT2D eigenvalue weighted by molar-refractivity contribution is 4.74. The van der Waals surface area contributed by atoms with Crippen LogP contribution < -0.4 is 0 Å². The number of hydrogen-bond acceptors (Lipinski definition) is 0. The van der Waals surface area contributed by atoms with E-state index in [1.54, 1.807) is 0 Å². The first kappa shape index (κ1) is 6.52. The average Bonchev–Trinajstić information content (AvgIpc) is 1.69. The van der Waals surface area contributed by atoms with Crippen molar-refractivity contribution in [3.63, 3.8) is 0 Å². The summed E-state index contributed by atoms with van der Waals surface area (Å²) < 4.78 is 0. The Morgan fingerprint density at radius 2 is 2.43 bits per heavy atom. The van der Waals surface area contributed by atoms with Gasteiger partial charge < -0.3 is 0 Å². The van der Waals surface area contributed by atoms with Gasteiger partial charge in [0.1, 0.15) is 0 Å². The second-order valence-corrected chi connectivity index (χ2v) is 1.55. The fraction of sp³-hybridized carbons (Fsp3) is 0.571. The van der Waals surface area contributed by atoms with Crippen molar-refractivity contribution >= 4 is 0 Å². The molecule has 0 amide bonds. The maximum absolute atomic E-state index is 3.45. The molecular weight excluding hydrogens is 84.1 g/mol. The molecule has 0 aliphatic heterocycles. The third-order valence-electron chi connectivity index (χ3n) is 0.846. The Morgan fingerprint density at radius 1 is 1.71 bits per heavy atom. The first-order valence-electron chi connectivity index (χ1n) is 2.76. The van der Waals surface area contributed by atoms with Gasteiger partial charge >= 0.3 is 0 Å². The van der Waals surface area contributed by atoms with Crippen LogP contribution in [0.5, 0.6) is 0 Å². The summed E-state index contributed by atoms with van der Waals surface area (Å²) >= 11 is 0. The molecule has 0 aromatic carbocycles. The lowest BCUT2D eigenvalue weighted by atomic mass is 10.2. The van der Waals surface area contributed by atoms with Crippen molar-refractivity contribution < 1.29 is 0 Å². The van der Waals surface area contributed by atoms with Gasteiger partial charge in [-0.1, -0.05) is 19.9 Å². The molecule has 0 spiro atoms. The van der Waals surface area contributed by atoms with Crippen molar-refractivity contribution in [2.24, 2.45) is 0 Å². The zero-order valence-electron chi connectivity index (χ0n) is 4.91. The summed E-state index contributed by atoms with van der Waals surface area (Å²) in [4.78, 5) is 0. The summed E-state index contributed by atoms with van der Waals surface area (Å²) in [6.07, 6.45) is 5.64. The lowest BCUT2D eigenvalue weighted by Crippen LogP contribution is -1.62. The molecule has 0 saturated carbocycles. The van der Waals surface area contributed by atoms with Crippen LogP contribution in [0.1, 0.15) is 26.2 Å². The maximum atomic E-state index is 3.45. The van der Waals surface area contributed by atoms with Crippen LogP contribution in [-0.4, -0.2) is 0 Å². The topological polar surface area (TPSA) is 0 Å². The maximum Gasteiger partial charge on any atom is -0.0275 e. The van der Waals surface area contributed by atoms with Crippen LogP contribution in [0.3, 0.4) is 0 Å². The number of rotatable bonds is 3. The van der Waals surface area contributed by atoms with Crippen LogP contribution in [0.25, 0.3) is 0 Å². The van der Waals surface area contributed by atoms with E-state index in [0.29, 0.717) is 0 Å². The third kappa shape index (κ3) is 5.52. The monoisotopic (exact) mass is 96.1 g/mol. The Hall–Kier alpha value is -0.480. The molecule has 0 aromatic rings. The van der Waals surface area contributed by atoms with Crippen molar-refractivity contribution in [3.05, 3.63) is 18.4 Å². The summed E-state index contributed by atoms with van der Waals surface area (Å²) in [6.45, 7) is 5.63. The highest BCUT2D eigenvalue weighted by Gasteiger charge is 1.72. The van der Waals surface area contributed by atoms with E-state index < -0.39 is 0 Å². The summed E-state index contributed by atoms with van der Waals surface area (Å²) in [5.74, 6) is 0. The average molecular weight is 96.2 g/mol. The van der Waals surface area contributed by atoms with E-state index in [1.807, 2.05) is 6.08 Å². The minimum Gasteiger partial charge on any atom is -0.133 e. The molecule has 0 rings (SSSR count). The quantitative estimate of drug-likeness (QED) is 0.374. The molecule has 0 aliphatic carbocycles. The first-order valence-corrected chi connectivity index (χ1v) is 2.76. The van der Waals surface area contributed by atoms with Crippen molar-refractivity contribution in [1.29, 1.82) is 0 Å². The Bertz CT molecular complexity index is 66.1. The van der Waals surface area contributed by atoms with Crippen LogP contribution in [0.4, 0.5) is 0 Å². The molecule has 0 aromatic heterocycles. The molecule has 0 radical (unpaired) electrons. The van der Waals surface area contributed by atoms with Crippen LogP contribution in [0.15, 0.2) is 18.4 Å². The molecule has 0 heteroatoms. The normalized spacial score (nSPS) is 7.57. The SMILES string of the molecule is C=C=CCCCC. The fourth-order valence-corrected chi connectivity index (χ4v) is 0.408. The molecule has 7 heavy (non-hydrogen) atoms. The highest BCUT2D eigenvalue weighted by Crippen LogP contribution is 1.92. The molecule has 0 saturated heterocycles. The van der Waals surface area contributed by atoms with Gasteiger partial charge in [0.25, 0.3) is 0 Å². The van der Waals surface area contributed by atoms with E-state index in [4.69, 9.17) is 0 Å². The minimum atomic E-state index is 1.14. The fourth-order valence-electron chi connectivity index (χ4n) is 0.408. The van der Waals surface area contributed by atoms with E-state index in [0.717, 1.165) is 6.42 Å². The van der Waals surface area contributed by atoms with E-state index in [9.17, 15) is 0 Å². The molecule has 0 atom stereocenters. The Kier molecular flexibility index (Phi) is 5.14. The lowest BCUT2D eigenvalue weighted by molar-refractivity contribution is 0.815. The predicted molar refractivity (Wildman–Crippen MR) is 33.2 cm³/mol. The van der Waals surface area contributed by atoms with Crippen molar-refractivity contribution in [3.8, 4) is 0 Å². The van der Waals surface area contributed by atoms with Crippen LogP contribution >= 0.6 is 0 Å². The van der Waals surface area contributed by atoms with E-state index in [2.05, 4.69) is 19.2 Å². The van der Waals surface area contributed by atoms with E-state index >= 15 is 0 Å². The minimum absolute atomic E-state index is 1.14. The van der Waals surface area contributed by atoms with Gasteiger partial charge in [0.05, 0.1) is 0 Å². The summed E-state index contributed by atoms with van der Waals surface area (Å²) in [5.41, 5.74) is 2.73. The van der Waals surface area contributed by atoms with Gasteiger partial charge in [-0.3, -0.25) is 0 Å². The van der Waals surface area contributed by atoms with Crippen molar-refractivity contribution in [2.75, 3.05) is 0 Å². The van der Waals surface area contributed by atoms with Gasteiger partial charge in [-0.25, -0.2) is 0 Å². The Balaban J connectivity index is 2.83. The van der Waals surface area contributed by atoms with Gasteiger partial charge in [-0.2, -0.15) is 0 Å². The number of hydrogen-bond donors (Lipinski definition) is 0. The summed E-state index contributed by atoms with van der Waals surface area (Å²) in [6, 6.07) is 0. The Morgan fingerprint density at radius 3 is 2.86 bits per heavy atom. The summed E-state index contributed by atoms with van der Waals surface area (Å²) in [7, 11) is 0. The largest absolute Gasteiger partial charge is 0.133 e. The van der Waals surface area contributed by atoms with Gasteiger partial charge in [-0.05, 0) is 18.9 Å². The molecular formula is C7H12. The first-order chi connectivity index (χ1) is 3.41. The third-order valence-corrected chi connectivity index (χ3v) is 0.846. The van der Waals surface area contributed by atoms with E-state index in [1.165, 1.54) is 12.8 Å². The molecule has 0 aliphatic rings. The molecule has 0 unspecified atom stereocenters. The van der Waals surface area contributed by atoms with Gasteiger partial charge in [-0.15, -0.1) is 5.73 Å². The van der Waals surface area contributed by atoms with Crippen molar-refractivity contribution in [2.45, 2.75) is 26.2 Å². The van der Waals surface area contributed by atoms with Crippen LogP contribution in [-0.2, 0) is 0 Å². The summed E-state index contributed by atoms with van der Waals surface area (Å²) in [5, 5.41) is 0. The smallest absolute Gasteiger partial charge is 0.0275 e. The zero-order valence-corrected chi connectivity index (χ0v) is 4.91. The second-order valence-electron chi connectivity index (χ2n) is 1.55. The molecule has 0 heterocycles. The van der Waals surface area contributed by atoms with E-state index in [-0.39, 0.29) is 0 Å². The number of unbranched alkanes of at least 4 members (excludes halogenated alkanes) is 2. The standard InChI is InChI=1S/C7H12/c1-3-5-7-6-4-2/h5H,1,4,6-7H2,2H3. The lowest BCUT2D eigenvalue weighted by Gasteiger charge is -1.81. The molecule has 40 valence electrons. The van der Waals surface area contributed by atoms with Gasteiger partial charge in [0.15, 0.2) is 0 Å². The molecule has 0 fully saturated rings. The number of allylic oxidation sites excluding steroid dienone is 1. The molecule has 0 nitrogen and oxygen atoms in total. The molecule has 0 N–H and O–H groups in total. The molecule has 0 bridgehead atoms. The van der Waals surface area contributed by atoms with Crippen molar-refractivity contribution in [1.82, 2.24) is 0 Å². The van der Waals surface area contributed by atoms with Gasteiger partial charge in [0.2, 0.25) is 0 Å². The van der Waals surface area contributed by atoms with Crippen LogP contribution in [0.2, 0.25) is 0 Å². The highest BCUT2D eigenvalue weighted by atomic mass is 13.8. The Labute approximate surface area is 45.5 Å². The predicted octanol–water partition coefficient (Wildman–Crippen LogP) is 2.52. The zero-order chi connectivity index (χ0) is 5.54. The van der Waals surface area contributed by atoms with Crippen LogP contribution in [0, 0.1) is 0 Å². The second kappa shape index (κ2) is 5.52. The van der Waals surface area contributed by atoms with Gasteiger partial charge in [0, 0.05) is 0 Å².